The first kappa shape index (κ1) is 21.8. The van der Waals surface area contributed by atoms with E-state index in [1.54, 1.807) is 30.5 Å². The van der Waals surface area contributed by atoms with Gasteiger partial charge in [-0.3, -0.25) is 14.6 Å². The van der Waals surface area contributed by atoms with E-state index in [0.29, 0.717) is 54.5 Å². The predicted octanol–water partition coefficient (Wildman–Crippen LogP) is 3.25. The topological polar surface area (TPSA) is 87.9 Å². The summed E-state index contributed by atoms with van der Waals surface area (Å²) < 4.78 is 7.11. The van der Waals surface area contributed by atoms with Crippen LogP contribution in [0.1, 0.15) is 17.3 Å². The molecule has 0 saturated carbocycles. The highest BCUT2D eigenvalue weighted by Gasteiger charge is 2.26. The maximum atomic E-state index is 13.4. The van der Waals surface area contributed by atoms with Gasteiger partial charge in [0, 0.05) is 56.2 Å². The lowest BCUT2D eigenvalue weighted by molar-refractivity contribution is 0.0745. The molecular weight excluding hydrogens is 432 g/mol. The number of phenolic OH excluding ortho intramolecular Hbond substituents is 1. The standard InChI is InChI=1S/C26H26N4O4/c1-3-28-16-21(25(32)20-15-22(31)23-19(24(20)28)5-4-10-27-23)26(33)30-13-11-29(12-14-30)17-6-8-18(34-2)9-7-17/h4-10,15-16,31H,3,11-14H2,1-2H3. The molecule has 0 bridgehead atoms. The van der Waals surface area contributed by atoms with Gasteiger partial charge in [-0.05, 0) is 49.4 Å². The van der Waals surface area contributed by atoms with Gasteiger partial charge in [0.1, 0.15) is 22.6 Å². The molecule has 0 aliphatic carbocycles. The van der Waals surface area contributed by atoms with E-state index in [2.05, 4.69) is 9.88 Å². The second kappa shape index (κ2) is 8.70. The number of methoxy groups -OCH3 is 1. The highest BCUT2D eigenvalue weighted by Crippen LogP contribution is 2.30. The Morgan fingerprint density at radius 1 is 1.09 bits per heavy atom. The molecule has 1 aliphatic rings. The predicted molar refractivity (Wildman–Crippen MR) is 132 cm³/mol. The summed E-state index contributed by atoms with van der Waals surface area (Å²) in [5.74, 6) is 0.450. The molecule has 1 amide bonds. The van der Waals surface area contributed by atoms with Crippen LogP contribution >= 0.6 is 0 Å². The minimum Gasteiger partial charge on any atom is -0.506 e. The van der Waals surface area contributed by atoms with Gasteiger partial charge < -0.3 is 24.2 Å². The van der Waals surface area contributed by atoms with Crippen molar-refractivity contribution in [2.75, 3.05) is 38.2 Å². The van der Waals surface area contributed by atoms with Crippen LogP contribution < -0.4 is 15.1 Å². The molecule has 4 aromatic rings. The van der Waals surface area contributed by atoms with Gasteiger partial charge in [0.05, 0.1) is 18.0 Å². The third kappa shape index (κ3) is 3.61. The Morgan fingerprint density at radius 3 is 2.50 bits per heavy atom. The average Bonchev–Trinajstić information content (AvgIpc) is 2.89. The summed E-state index contributed by atoms with van der Waals surface area (Å²) in [6.45, 7) is 4.90. The molecule has 5 rings (SSSR count). The molecule has 1 saturated heterocycles. The van der Waals surface area contributed by atoms with Gasteiger partial charge in [-0.1, -0.05) is 0 Å². The molecule has 3 heterocycles. The first-order valence-corrected chi connectivity index (χ1v) is 11.3. The summed E-state index contributed by atoms with van der Waals surface area (Å²) in [5, 5.41) is 11.5. The number of hydrogen-bond donors (Lipinski definition) is 1. The van der Waals surface area contributed by atoms with Crippen LogP contribution in [0.3, 0.4) is 0 Å². The molecule has 0 atom stereocenters. The van der Waals surface area contributed by atoms with Crippen LogP contribution in [0.2, 0.25) is 0 Å². The number of piperazine rings is 1. The Labute approximate surface area is 196 Å². The molecule has 1 N–H and O–H groups in total. The monoisotopic (exact) mass is 458 g/mol. The maximum Gasteiger partial charge on any atom is 0.259 e. The van der Waals surface area contributed by atoms with Crippen LogP contribution in [0.25, 0.3) is 21.8 Å². The third-order valence-corrected chi connectivity index (χ3v) is 6.48. The van der Waals surface area contributed by atoms with Crippen LogP contribution in [-0.4, -0.2) is 58.8 Å². The fourth-order valence-corrected chi connectivity index (χ4v) is 4.66. The number of rotatable bonds is 4. The van der Waals surface area contributed by atoms with Crippen molar-refractivity contribution in [3.05, 3.63) is 70.6 Å². The van der Waals surface area contributed by atoms with E-state index < -0.39 is 0 Å². The van der Waals surface area contributed by atoms with E-state index in [1.807, 2.05) is 41.8 Å². The number of carbonyl (C=O) groups is 1. The zero-order valence-electron chi connectivity index (χ0n) is 19.2. The molecule has 0 radical (unpaired) electrons. The van der Waals surface area contributed by atoms with Crippen LogP contribution in [0.15, 0.2) is 59.7 Å². The average molecular weight is 459 g/mol. The fourth-order valence-electron chi connectivity index (χ4n) is 4.66. The number of phenols is 1. The van der Waals surface area contributed by atoms with Gasteiger partial charge in [-0.15, -0.1) is 0 Å². The summed E-state index contributed by atoms with van der Waals surface area (Å²) in [7, 11) is 1.64. The molecule has 0 spiro atoms. The zero-order valence-corrected chi connectivity index (χ0v) is 19.2. The SMILES string of the molecule is CCn1cc(C(=O)N2CCN(c3ccc(OC)cc3)CC2)c(=O)c2cc(O)c3ncccc3c21. The Hall–Kier alpha value is -4.07. The second-order valence-corrected chi connectivity index (χ2v) is 8.33. The number of benzene rings is 2. The van der Waals surface area contributed by atoms with Crippen molar-refractivity contribution < 1.29 is 14.6 Å². The van der Waals surface area contributed by atoms with E-state index in [4.69, 9.17) is 4.74 Å². The van der Waals surface area contributed by atoms with Crippen molar-refractivity contribution in [3.8, 4) is 11.5 Å². The number of ether oxygens (including phenoxy) is 1. The van der Waals surface area contributed by atoms with Gasteiger partial charge in [0.15, 0.2) is 0 Å². The number of nitrogens with zero attached hydrogens (tertiary/aromatic N) is 4. The fraction of sp³-hybridized carbons (Fsp3) is 0.269. The first-order valence-electron chi connectivity index (χ1n) is 11.3. The van der Waals surface area contributed by atoms with Crippen molar-refractivity contribution in [3.63, 3.8) is 0 Å². The molecule has 8 nitrogen and oxygen atoms in total. The molecule has 1 aliphatic heterocycles. The summed E-state index contributed by atoms with van der Waals surface area (Å²) in [6.07, 6.45) is 3.25. The molecule has 8 heteroatoms. The Balaban J connectivity index is 1.46. The molecule has 0 unspecified atom stereocenters. The van der Waals surface area contributed by atoms with Gasteiger partial charge in [-0.2, -0.15) is 0 Å². The van der Waals surface area contributed by atoms with E-state index in [-0.39, 0.29) is 22.6 Å². The molecule has 34 heavy (non-hydrogen) atoms. The van der Waals surface area contributed by atoms with E-state index in [0.717, 1.165) is 11.4 Å². The van der Waals surface area contributed by atoms with Crippen LogP contribution in [0, 0.1) is 0 Å². The Morgan fingerprint density at radius 2 is 1.82 bits per heavy atom. The number of amides is 1. The van der Waals surface area contributed by atoms with Crippen LogP contribution in [-0.2, 0) is 6.54 Å². The second-order valence-electron chi connectivity index (χ2n) is 8.33. The molecule has 1 fully saturated rings. The number of aromatic hydroxyl groups is 1. The largest absolute Gasteiger partial charge is 0.506 e. The molecule has 174 valence electrons. The Kier molecular flexibility index (Phi) is 5.57. The van der Waals surface area contributed by atoms with Gasteiger partial charge >= 0.3 is 0 Å². The number of anilines is 1. The number of aromatic nitrogens is 2. The van der Waals surface area contributed by atoms with Crippen molar-refractivity contribution in [1.29, 1.82) is 0 Å². The van der Waals surface area contributed by atoms with E-state index in [9.17, 15) is 14.7 Å². The van der Waals surface area contributed by atoms with Crippen molar-refractivity contribution in [2.24, 2.45) is 0 Å². The smallest absolute Gasteiger partial charge is 0.259 e. The lowest BCUT2D eigenvalue weighted by atomic mass is 10.0. The van der Waals surface area contributed by atoms with Crippen molar-refractivity contribution in [2.45, 2.75) is 13.5 Å². The third-order valence-electron chi connectivity index (χ3n) is 6.48. The molecular formula is C26H26N4O4. The number of fused-ring (bicyclic) bond motifs is 3. The number of aryl methyl sites for hydroxylation is 1. The van der Waals surface area contributed by atoms with Crippen LogP contribution in [0.5, 0.6) is 11.5 Å². The minimum absolute atomic E-state index is 0.0689. The normalized spacial score (nSPS) is 14.1. The van der Waals surface area contributed by atoms with Crippen LogP contribution in [0.4, 0.5) is 5.69 Å². The maximum absolute atomic E-state index is 13.4. The number of hydrogen-bond acceptors (Lipinski definition) is 6. The lowest BCUT2D eigenvalue weighted by Crippen LogP contribution is -2.49. The van der Waals surface area contributed by atoms with Gasteiger partial charge in [0.2, 0.25) is 5.43 Å². The number of pyridine rings is 2. The minimum atomic E-state index is -0.372. The molecule has 2 aromatic heterocycles. The van der Waals surface area contributed by atoms with Crippen molar-refractivity contribution >= 4 is 33.4 Å². The highest BCUT2D eigenvalue weighted by molar-refractivity contribution is 6.08. The highest BCUT2D eigenvalue weighted by atomic mass is 16.5. The summed E-state index contributed by atoms with van der Waals surface area (Å²) in [4.78, 5) is 35.0. The van der Waals surface area contributed by atoms with E-state index >= 15 is 0 Å². The summed E-state index contributed by atoms with van der Waals surface area (Å²) in [6, 6.07) is 12.9. The van der Waals surface area contributed by atoms with Crippen molar-refractivity contribution in [1.82, 2.24) is 14.5 Å². The number of carbonyl (C=O) groups excluding carboxylic acids is 1. The Bertz CT molecular complexity index is 1440. The van der Waals surface area contributed by atoms with E-state index in [1.165, 1.54) is 6.07 Å². The summed E-state index contributed by atoms with van der Waals surface area (Å²) in [5.41, 5.74) is 1.93. The summed E-state index contributed by atoms with van der Waals surface area (Å²) >= 11 is 0. The molecule has 2 aromatic carbocycles. The lowest BCUT2D eigenvalue weighted by Gasteiger charge is -2.36. The quantitative estimate of drug-likeness (QED) is 0.473. The van der Waals surface area contributed by atoms with Gasteiger partial charge in [0.25, 0.3) is 5.91 Å². The van der Waals surface area contributed by atoms with Gasteiger partial charge in [-0.25, -0.2) is 0 Å². The zero-order chi connectivity index (χ0) is 23.8. The first-order chi connectivity index (χ1) is 16.5.